The lowest BCUT2D eigenvalue weighted by Gasteiger charge is -2.07. The zero-order valence-corrected chi connectivity index (χ0v) is 8.62. The minimum absolute atomic E-state index is 0.0201. The molecule has 0 atom stereocenters. The number of carbonyl (C=O) groups excluding carboxylic acids is 1. The summed E-state index contributed by atoms with van der Waals surface area (Å²) in [6, 6.07) is 1.11. The van der Waals surface area contributed by atoms with E-state index in [0.717, 1.165) is 13.2 Å². The van der Waals surface area contributed by atoms with Crippen LogP contribution in [0, 0.1) is 5.82 Å². The van der Waals surface area contributed by atoms with Crippen molar-refractivity contribution in [2.24, 2.45) is 0 Å². The molecule has 0 saturated heterocycles. The van der Waals surface area contributed by atoms with Crippen molar-refractivity contribution in [1.29, 1.82) is 0 Å². The van der Waals surface area contributed by atoms with E-state index in [1.165, 1.54) is 0 Å². The molecule has 0 saturated carbocycles. The van der Waals surface area contributed by atoms with Crippen LogP contribution in [0.1, 0.15) is 10.4 Å². The van der Waals surface area contributed by atoms with Crippen molar-refractivity contribution < 1.29 is 13.9 Å². The normalized spacial score (nSPS) is 10.0. The molecule has 0 amide bonds. The lowest BCUT2D eigenvalue weighted by atomic mass is 10.2. The third-order valence-corrected chi connectivity index (χ3v) is 2.21. The van der Waals surface area contributed by atoms with E-state index in [1.54, 1.807) is 0 Å². The highest BCUT2D eigenvalue weighted by molar-refractivity contribution is 6.37. The second-order valence-corrected chi connectivity index (χ2v) is 3.23. The second-order valence-electron chi connectivity index (χ2n) is 2.44. The third-order valence-electron chi connectivity index (χ3n) is 1.58. The Bertz CT molecular complexity index is 395. The zero-order valence-electron chi connectivity index (χ0n) is 7.11. The smallest absolute Gasteiger partial charge is 0.341 e. The highest BCUT2D eigenvalue weighted by Crippen LogP contribution is 2.31. The second kappa shape index (κ2) is 4.02. The van der Waals surface area contributed by atoms with E-state index in [4.69, 9.17) is 28.9 Å². The van der Waals surface area contributed by atoms with E-state index in [9.17, 15) is 9.18 Å². The van der Waals surface area contributed by atoms with Crippen molar-refractivity contribution in [3.05, 3.63) is 27.5 Å². The van der Waals surface area contributed by atoms with Gasteiger partial charge in [0.2, 0.25) is 0 Å². The van der Waals surface area contributed by atoms with Crippen LogP contribution in [0.2, 0.25) is 10.0 Å². The molecule has 0 spiro atoms. The molecule has 0 aliphatic rings. The van der Waals surface area contributed by atoms with Crippen LogP contribution in [0.15, 0.2) is 6.07 Å². The molecule has 76 valence electrons. The fourth-order valence-electron chi connectivity index (χ4n) is 0.923. The van der Waals surface area contributed by atoms with Crippen LogP contribution in [0.25, 0.3) is 0 Å². The van der Waals surface area contributed by atoms with E-state index < -0.39 is 16.8 Å². The molecule has 0 aromatic heterocycles. The molecule has 0 heterocycles. The zero-order chi connectivity index (χ0) is 10.9. The Balaban J connectivity index is 3.44. The lowest BCUT2D eigenvalue weighted by molar-refractivity contribution is 0.0601. The van der Waals surface area contributed by atoms with Crippen LogP contribution in [-0.2, 0) is 4.74 Å². The van der Waals surface area contributed by atoms with Crippen LogP contribution in [0.4, 0.5) is 10.1 Å². The molecule has 1 rings (SSSR count). The van der Waals surface area contributed by atoms with Gasteiger partial charge in [0, 0.05) is 5.69 Å². The Hall–Kier alpha value is -1.00. The van der Waals surface area contributed by atoms with E-state index in [-0.39, 0.29) is 16.3 Å². The molecule has 3 nitrogen and oxygen atoms in total. The number of hydrogen-bond acceptors (Lipinski definition) is 3. The summed E-state index contributed by atoms with van der Waals surface area (Å²) in [5.41, 5.74) is 5.20. The molecule has 0 unspecified atom stereocenters. The summed E-state index contributed by atoms with van der Waals surface area (Å²) in [6.45, 7) is 0. The molecule has 0 bridgehead atoms. The third kappa shape index (κ3) is 1.76. The van der Waals surface area contributed by atoms with Crippen molar-refractivity contribution in [2.45, 2.75) is 0 Å². The Morgan fingerprint density at radius 1 is 1.57 bits per heavy atom. The molecular formula is C8H6Cl2FNO2. The average Bonchev–Trinajstić information content (AvgIpc) is 2.14. The molecule has 0 radical (unpaired) electrons. The van der Waals surface area contributed by atoms with Gasteiger partial charge in [-0.15, -0.1) is 0 Å². The SMILES string of the molecule is COC(=O)c1c(N)cc(Cl)c(F)c1Cl. The fraction of sp³-hybridized carbons (Fsp3) is 0.125. The summed E-state index contributed by atoms with van der Waals surface area (Å²) in [5.74, 6) is -1.69. The number of rotatable bonds is 1. The van der Waals surface area contributed by atoms with Gasteiger partial charge in [-0.05, 0) is 6.07 Å². The predicted molar refractivity (Wildman–Crippen MR) is 52.2 cm³/mol. The van der Waals surface area contributed by atoms with Crippen molar-refractivity contribution in [1.82, 2.24) is 0 Å². The molecule has 0 fully saturated rings. The van der Waals surface area contributed by atoms with E-state index in [0.29, 0.717) is 0 Å². The van der Waals surface area contributed by atoms with E-state index in [2.05, 4.69) is 4.74 Å². The first-order valence-electron chi connectivity index (χ1n) is 3.50. The van der Waals surface area contributed by atoms with Gasteiger partial charge < -0.3 is 10.5 Å². The summed E-state index contributed by atoms with van der Waals surface area (Å²) >= 11 is 11.0. The lowest BCUT2D eigenvalue weighted by Crippen LogP contribution is -2.07. The maximum atomic E-state index is 13.1. The number of carbonyl (C=O) groups is 1. The maximum Gasteiger partial charge on any atom is 0.341 e. The number of halogens is 3. The fourth-order valence-corrected chi connectivity index (χ4v) is 1.47. The summed E-state index contributed by atoms with van der Waals surface area (Å²) in [7, 11) is 1.14. The van der Waals surface area contributed by atoms with Crippen molar-refractivity contribution in [2.75, 3.05) is 12.8 Å². The highest BCUT2D eigenvalue weighted by Gasteiger charge is 2.20. The quantitative estimate of drug-likeness (QED) is 0.464. The van der Waals surface area contributed by atoms with Gasteiger partial charge in [-0.3, -0.25) is 0 Å². The molecule has 0 aliphatic heterocycles. The first kappa shape index (κ1) is 11.1. The number of nitrogen functional groups attached to an aromatic ring is 1. The largest absolute Gasteiger partial charge is 0.465 e. The average molecular weight is 238 g/mol. The van der Waals surface area contributed by atoms with Crippen LogP contribution < -0.4 is 5.73 Å². The van der Waals surface area contributed by atoms with E-state index >= 15 is 0 Å². The molecule has 2 N–H and O–H groups in total. The maximum absolute atomic E-state index is 13.1. The van der Waals surface area contributed by atoms with Gasteiger partial charge in [-0.2, -0.15) is 0 Å². The number of methoxy groups -OCH3 is 1. The molecule has 1 aromatic rings. The minimum Gasteiger partial charge on any atom is -0.465 e. The summed E-state index contributed by atoms with van der Waals surface area (Å²) in [4.78, 5) is 11.1. The first-order chi connectivity index (χ1) is 6.49. The van der Waals surface area contributed by atoms with Crippen LogP contribution >= 0.6 is 23.2 Å². The minimum atomic E-state index is -0.886. The van der Waals surface area contributed by atoms with Crippen molar-refractivity contribution >= 4 is 34.9 Å². The van der Waals surface area contributed by atoms with Crippen molar-refractivity contribution in [3.63, 3.8) is 0 Å². The van der Waals surface area contributed by atoms with Gasteiger partial charge in [-0.1, -0.05) is 23.2 Å². The number of benzene rings is 1. The monoisotopic (exact) mass is 237 g/mol. The van der Waals surface area contributed by atoms with Crippen LogP contribution in [0.3, 0.4) is 0 Å². The number of hydrogen-bond donors (Lipinski definition) is 1. The van der Waals surface area contributed by atoms with Crippen LogP contribution in [0.5, 0.6) is 0 Å². The van der Waals surface area contributed by atoms with Crippen LogP contribution in [-0.4, -0.2) is 13.1 Å². The van der Waals surface area contributed by atoms with Gasteiger partial charge >= 0.3 is 5.97 Å². The number of ether oxygens (including phenoxy) is 1. The Kier molecular flexibility index (Phi) is 3.18. The molecule has 1 aromatic carbocycles. The van der Waals surface area contributed by atoms with Gasteiger partial charge in [0.05, 0.1) is 17.2 Å². The number of esters is 1. The Morgan fingerprint density at radius 2 is 2.14 bits per heavy atom. The van der Waals surface area contributed by atoms with Gasteiger partial charge in [-0.25, -0.2) is 9.18 Å². The molecule has 14 heavy (non-hydrogen) atoms. The van der Waals surface area contributed by atoms with Gasteiger partial charge in [0.15, 0.2) is 5.82 Å². The standard InChI is InChI=1S/C8H6Cl2FNO2/c1-14-8(13)5-4(12)2-3(9)7(11)6(5)10/h2H,12H2,1H3. The summed E-state index contributed by atoms with van der Waals surface area (Å²) < 4.78 is 17.5. The highest BCUT2D eigenvalue weighted by atomic mass is 35.5. The Morgan fingerprint density at radius 3 is 2.64 bits per heavy atom. The first-order valence-corrected chi connectivity index (χ1v) is 4.26. The predicted octanol–water partition coefficient (Wildman–Crippen LogP) is 2.50. The van der Waals surface area contributed by atoms with Gasteiger partial charge in [0.1, 0.15) is 5.56 Å². The number of nitrogens with two attached hydrogens (primary N) is 1. The molecular weight excluding hydrogens is 232 g/mol. The summed E-state index contributed by atoms with van der Waals surface area (Å²) in [6.07, 6.45) is 0. The topological polar surface area (TPSA) is 52.3 Å². The summed E-state index contributed by atoms with van der Waals surface area (Å²) in [5, 5.41) is -0.665. The van der Waals surface area contributed by atoms with E-state index in [1.807, 2.05) is 0 Å². The molecule has 6 heteroatoms. The molecule has 0 aliphatic carbocycles. The number of anilines is 1. The van der Waals surface area contributed by atoms with Gasteiger partial charge in [0.25, 0.3) is 0 Å². The Labute approximate surface area is 89.5 Å². The van der Waals surface area contributed by atoms with Crippen molar-refractivity contribution in [3.8, 4) is 0 Å².